The first-order chi connectivity index (χ1) is 6.27. The average Bonchev–Trinajstić information content (AvgIpc) is 2.64. The third kappa shape index (κ3) is 2.37. The maximum atomic E-state index is 12.4. The zero-order chi connectivity index (χ0) is 11.0. The number of hydrogen-bond donors (Lipinski definition) is 2. The van der Waals surface area contributed by atoms with Crippen molar-refractivity contribution < 1.29 is 23.1 Å². The van der Waals surface area contributed by atoms with Gasteiger partial charge in [-0.25, -0.2) is 0 Å². The number of carboxylic acid groups (broad SMARTS) is 1. The summed E-state index contributed by atoms with van der Waals surface area (Å²) in [6.07, 6.45) is -4.49. The number of carbonyl (C=O) groups is 1. The number of nitrogens with one attached hydrogen (secondary N) is 1. The number of aliphatic carboxylic acids is 1. The summed E-state index contributed by atoms with van der Waals surface area (Å²) in [5.41, 5.74) is -1.82. The van der Waals surface area contributed by atoms with Crippen molar-refractivity contribution in [1.29, 1.82) is 0 Å². The average molecular weight is 211 g/mol. The van der Waals surface area contributed by atoms with Gasteiger partial charge in [0, 0.05) is 6.04 Å². The van der Waals surface area contributed by atoms with Crippen LogP contribution in [-0.2, 0) is 4.79 Å². The molecular weight excluding hydrogens is 199 g/mol. The van der Waals surface area contributed by atoms with Crippen molar-refractivity contribution in [2.45, 2.75) is 43.9 Å². The van der Waals surface area contributed by atoms with E-state index in [1.165, 1.54) is 6.92 Å². The van der Waals surface area contributed by atoms with E-state index in [9.17, 15) is 18.0 Å². The van der Waals surface area contributed by atoms with Crippen LogP contribution >= 0.6 is 0 Å². The zero-order valence-corrected chi connectivity index (χ0v) is 7.69. The summed E-state index contributed by atoms with van der Waals surface area (Å²) in [6, 6.07) is -0.656. The second-order valence-electron chi connectivity index (χ2n) is 3.72. The lowest BCUT2D eigenvalue weighted by molar-refractivity contribution is -0.168. The normalized spacial score (nSPS) is 21.7. The van der Waals surface area contributed by atoms with Crippen LogP contribution in [0.5, 0.6) is 0 Å². The molecule has 14 heavy (non-hydrogen) atoms. The van der Waals surface area contributed by atoms with Crippen molar-refractivity contribution in [3.05, 3.63) is 0 Å². The summed E-state index contributed by atoms with van der Waals surface area (Å²) in [4.78, 5) is 10.2. The van der Waals surface area contributed by atoms with Crippen LogP contribution in [0.3, 0.4) is 0 Å². The molecule has 1 atom stereocenters. The monoisotopic (exact) mass is 211 g/mol. The topological polar surface area (TPSA) is 49.3 Å². The van der Waals surface area contributed by atoms with Gasteiger partial charge in [0.25, 0.3) is 0 Å². The van der Waals surface area contributed by atoms with E-state index in [-0.39, 0.29) is 19.3 Å². The molecule has 2 N–H and O–H groups in total. The van der Waals surface area contributed by atoms with Gasteiger partial charge in [-0.3, -0.25) is 4.79 Å². The van der Waals surface area contributed by atoms with Crippen LogP contribution in [0.4, 0.5) is 13.2 Å². The van der Waals surface area contributed by atoms with Gasteiger partial charge in [0.2, 0.25) is 0 Å². The van der Waals surface area contributed by atoms with E-state index in [4.69, 9.17) is 5.11 Å². The van der Waals surface area contributed by atoms with E-state index in [0.717, 1.165) is 0 Å². The van der Waals surface area contributed by atoms with Crippen LogP contribution in [0.25, 0.3) is 0 Å². The Morgan fingerprint density at radius 2 is 2.07 bits per heavy atom. The summed E-state index contributed by atoms with van der Waals surface area (Å²) in [7, 11) is 0. The largest absolute Gasteiger partial charge is 0.481 e. The van der Waals surface area contributed by atoms with E-state index in [2.05, 4.69) is 5.32 Å². The SMILES string of the molecule is CC(CC(=O)O)NC1(C(F)(F)F)CC1. The Morgan fingerprint density at radius 1 is 1.57 bits per heavy atom. The molecule has 3 nitrogen and oxygen atoms in total. The minimum absolute atomic E-state index is 0.0421. The van der Waals surface area contributed by atoms with Crippen molar-refractivity contribution in [2.75, 3.05) is 0 Å². The first-order valence-electron chi connectivity index (χ1n) is 4.33. The smallest absolute Gasteiger partial charge is 0.406 e. The molecule has 1 rings (SSSR count). The molecule has 0 radical (unpaired) electrons. The molecule has 1 fully saturated rings. The highest BCUT2D eigenvalue weighted by atomic mass is 19.4. The molecule has 1 aliphatic rings. The lowest BCUT2D eigenvalue weighted by Crippen LogP contribution is -2.49. The summed E-state index contributed by atoms with van der Waals surface area (Å²) in [5.74, 6) is -1.09. The highest BCUT2D eigenvalue weighted by Gasteiger charge is 2.63. The molecule has 0 aromatic rings. The molecule has 0 heterocycles. The Hall–Kier alpha value is -0.780. The molecule has 1 aliphatic carbocycles. The number of rotatable bonds is 4. The Labute approximate surface area is 79.3 Å². The van der Waals surface area contributed by atoms with Gasteiger partial charge in [-0.15, -0.1) is 0 Å². The zero-order valence-electron chi connectivity index (χ0n) is 7.69. The van der Waals surface area contributed by atoms with Crippen molar-refractivity contribution in [3.63, 3.8) is 0 Å². The fraction of sp³-hybridized carbons (Fsp3) is 0.875. The van der Waals surface area contributed by atoms with Gasteiger partial charge >= 0.3 is 12.1 Å². The molecule has 0 amide bonds. The van der Waals surface area contributed by atoms with E-state index >= 15 is 0 Å². The molecular formula is C8H12F3NO2. The Balaban J connectivity index is 2.48. The molecule has 82 valence electrons. The fourth-order valence-corrected chi connectivity index (χ4v) is 1.42. The van der Waals surface area contributed by atoms with Crippen LogP contribution in [-0.4, -0.2) is 28.8 Å². The van der Waals surface area contributed by atoms with Crippen molar-refractivity contribution >= 4 is 5.97 Å². The van der Waals surface area contributed by atoms with Gasteiger partial charge in [-0.2, -0.15) is 13.2 Å². The van der Waals surface area contributed by atoms with Crippen LogP contribution in [0.2, 0.25) is 0 Å². The number of hydrogen-bond acceptors (Lipinski definition) is 2. The Bertz CT molecular complexity index is 235. The van der Waals surface area contributed by atoms with Crippen molar-refractivity contribution in [2.24, 2.45) is 0 Å². The third-order valence-corrected chi connectivity index (χ3v) is 2.30. The molecule has 6 heteroatoms. The molecule has 0 saturated heterocycles. The van der Waals surface area contributed by atoms with Crippen molar-refractivity contribution in [3.8, 4) is 0 Å². The summed E-state index contributed by atoms with van der Waals surface area (Å²) >= 11 is 0. The van der Waals surface area contributed by atoms with E-state index in [1.54, 1.807) is 0 Å². The number of halogens is 3. The minimum atomic E-state index is -4.28. The van der Waals surface area contributed by atoms with E-state index in [1.807, 2.05) is 0 Å². The van der Waals surface area contributed by atoms with Gasteiger partial charge in [-0.05, 0) is 19.8 Å². The van der Waals surface area contributed by atoms with E-state index in [0.29, 0.717) is 0 Å². The highest BCUT2D eigenvalue weighted by Crippen LogP contribution is 2.49. The predicted octanol–water partition coefficient (Wildman–Crippen LogP) is 1.53. The molecule has 0 bridgehead atoms. The first kappa shape index (κ1) is 11.3. The van der Waals surface area contributed by atoms with Gasteiger partial charge < -0.3 is 10.4 Å². The second-order valence-corrected chi connectivity index (χ2v) is 3.72. The highest BCUT2D eigenvalue weighted by molar-refractivity contribution is 5.67. The van der Waals surface area contributed by atoms with Crippen LogP contribution in [0.1, 0.15) is 26.2 Å². The molecule has 1 saturated carbocycles. The predicted molar refractivity (Wildman–Crippen MR) is 42.9 cm³/mol. The van der Waals surface area contributed by atoms with Gasteiger partial charge in [0.05, 0.1) is 6.42 Å². The Kier molecular flexibility index (Phi) is 2.76. The second kappa shape index (κ2) is 3.42. The van der Waals surface area contributed by atoms with Gasteiger partial charge in [-0.1, -0.05) is 0 Å². The lowest BCUT2D eigenvalue weighted by atomic mass is 10.1. The van der Waals surface area contributed by atoms with Gasteiger partial charge in [0.1, 0.15) is 5.54 Å². The molecule has 0 aromatic carbocycles. The first-order valence-corrected chi connectivity index (χ1v) is 4.33. The van der Waals surface area contributed by atoms with E-state index < -0.39 is 23.7 Å². The van der Waals surface area contributed by atoms with Crippen molar-refractivity contribution in [1.82, 2.24) is 5.32 Å². The maximum Gasteiger partial charge on any atom is 0.406 e. The number of carboxylic acids is 1. The Morgan fingerprint density at radius 3 is 2.36 bits per heavy atom. The fourth-order valence-electron chi connectivity index (χ4n) is 1.42. The molecule has 0 spiro atoms. The van der Waals surface area contributed by atoms with Crippen LogP contribution in [0, 0.1) is 0 Å². The molecule has 0 aromatic heterocycles. The maximum absolute atomic E-state index is 12.4. The van der Waals surface area contributed by atoms with Crippen LogP contribution < -0.4 is 5.32 Å². The summed E-state index contributed by atoms with van der Waals surface area (Å²) in [5, 5.41) is 10.7. The number of alkyl halides is 3. The molecule has 0 aliphatic heterocycles. The molecule has 1 unspecified atom stereocenters. The minimum Gasteiger partial charge on any atom is -0.481 e. The van der Waals surface area contributed by atoms with Crippen LogP contribution in [0.15, 0.2) is 0 Å². The summed E-state index contributed by atoms with van der Waals surface area (Å²) < 4.78 is 37.2. The van der Waals surface area contributed by atoms with Gasteiger partial charge in [0.15, 0.2) is 0 Å². The summed E-state index contributed by atoms with van der Waals surface area (Å²) in [6.45, 7) is 1.44. The quantitative estimate of drug-likeness (QED) is 0.741. The standard InChI is InChI=1S/C8H12F3NO2/c1-5(4-6(13)14)12-7(2-3-7)8(9,10)11/h5,12H,2-4H2,1H3,(H,13,14). The third-order valence-electron chi connectivity index (χ3n) is 2.30. The lowest BCUT2D eigenvalue weighted by Gasteiger charge is -2.24.